The molecule has 2 N–H and O–H groups in total. The van der Waals surface area contributed by atoms with Crippen LogP contribution >= 0.6 is 0 Å². The number of aromatic hydroxyl groups is 1. The molecule has 0 radical (unpaired) electrons. The van der Waals surface area contributed by atoms with Gasteiger partial charge in [-0.05, 0) is 31.0 Å². The van der Waals surface area contributed by atoms with Crippen molar-refractivity contribution in [1.29, 1.82) is 0 Å². The van der Waals surface area contributed by atoms with Crippen LogP contribution in [0.25, 0.3) is 0 Å². The molecule has 0 saturated carbocycles. The summed E-state index contributed by atoms with van der Waals surface area (Å²) in [6, 6.07) is 7.44. The van der Waals surface area contributed by atoms with Crippen LogP contribution < -0.4 is 5.32 Å². The van der Waals surface area contributed by atoms with Crippen molar-refractivity contribution in [2.75, 3.05) is 5.32 Å². The molecule has 0 amide bonds. The number of aromatic nitrogens is 2. The number of aryl methyl sites for hydroxylation is 2. The highest BCUT2D eigenvalue weighted by Gasteiger charge is 2.10. The van der Waals surface area contributed by atoms with Gasteiger partial charge in [0, 0.05) is 19.3 Å². The van der Waals surface area contributed by atoms with E-state index in [4.69, 9.17) is 0 Å². The summed E-state index contributed by atoms with van der Waals surface area (Å²) in [6.07, 6.45) is 2.88. The summed E-state index contributed by atoms with van der Waals surface area (Å²) in [4.78, 5) is 0. The molecule has 1 heterocycles. The normalized spacial score (nSPS) is 12.4. The molecule has 0 aliphatic heterocycles. The summed E-state index contributed by atoms with van der Waals surface area (Å²) >= 11 is 0. The van der Waals surface area contributed by atoms with Crippen molar-refractivity contribution in [2.24, 2.45) is 7.05 Å². The molecule has 2 aromatic rings. The Hall–Kier alpha value is -1.97. The number of hydrogen-bond donors (Lipinski definition) is 2. The van der Waals surface area contributed by atoms with E-state index in [0.717, 1.165) is 23.4 Å². The number of rotatable bonds is 4. The first-order valence-corrected chi connectivity index (χ1v) is 6.18. The van der Waals surface area contributed by atoms with Crippen LogP contribution in [0.2, 0.25) is 0 Å². The third kappa shape index (κ3) is 2.64. The standard InChI is InChI=1S/C14H19N3O/c1-4-13-14(9-17(3)16-13)15-10(2)11-6-5-7-12(18)8-11/h5-10,15,18H,4H2,1-3H3. The maximum Gasteiger partial charge on any atom is 0.115 e. The number of hydrogen-bond acceptors (Lipinski definition) is 3. The Labute approximate surface area is 107 Å². The van der Waals surface area contributed by atoms with E-state index >= 15 is 0 Å². The first-order chi connectivity index (χ1) is 8.60. The Bertz CT molecular complexity index is 534. The van der Waals surface area contributed by atoms with Gasteiger partial charge in [-0.2, -0.15) is 5.10 Å². The zero-order valence-corrected chi connectivity index (χ0v) is 11.0. The lowest BCUT2D eigenvalue weighted by Crippen LogP contribution is -2.07. The van der Waals surface area contributed by atoms with Crippen LogP contribution in [-0.4, -0.2) is 14.9 Å². The fourth-order valence-corrected chi connectivity index (χ4v) is 2.03. The first-order valence-electron chi connectivity index (χ1n) is 6.18. The van der Waals surface area contributed by atoms with Crippen molar-refractivity contribution >= 4 is 5.69 Å². The second-order valence-electron chi connectivity index (χ2n) is 4.48. The van der Waals surface area contributed by atoms with Gasteiger partial charge in [0.05, 0.1) is 11.4 Å². The molecule has 1 aromatic heterocycles. The molecule has 4 heteroatoms. The number of phenolic OH excluding ortho intramolecular Hbond substituents is 1. The zero-order valence-electron chi connectivity index (χ0n) is 11.0. The van der Waals surface area contributed by atoms with Gasteiger partial charge in [0.15, 0.2) is 0 Å². The van der Waals surface area contributed by atoms with Crippen molar-refractivity contribution in [2.45, 2.75) is 26.3 Å². The predicted octanol–water partition coefficient (Wildman–Crippen LogP) is 2.86. The summed E-state index contributed by atoms with van der Waals surface area (Å²) in [7, 11) is 1.92. The Morgan fingerprint density at radius 1 is 1.44 bits per heavy atom. The van der Waals surface area contributed by atoms with Gasteiger partial charge in [0.2, 0.25) is 0 Å². The van der Waals surface area contributed by atoms with Gasteiger partial charge in [-0.1, -0.05) is 19.1 Å². The Balaban J connectivity index is 2.18. The second-order valence-corrected chi connectivity index (χ2v) is 4.48. The van der Waals surface area contributed by atoms with Gasteiger partial charge in [0.1, 0.15) is 5.75 Å². The lowest BCUT2D eigenvalue weighted by molar-refractivity contribution is 0.474. The quantitative estimate of drug-likeness (QED) is 0.870. The maximum absolute atomic E-state index is 9.49. The smallest absolute Gasteiger partial charge is 0.115 e. The zero-order chi connectivity index (χ0) is 13.1. The maximum atomic E-state index is 9.49. The summed E-state index contributed by atoms with van der Waals surface area (Å²) in [5.74, 6) is 0.294. The van der Waals surface area contributed by atoms with E-state index in [1.54, 1.807) is 12.1 Å². The third-order valence-electron chi connectivity index (χ3n) is 2.98. The van der Waals surface area contributed by atoms with E-state index in [-0.39, 0.29) is 6.04 Å². The number of benzene rings is 1. The molecule has 18 heavy (non-hydrogen) atoms. The monoisotopic (exact) mass is 245 g/mol. The van der Waals surface area contributed by atoms with Crippen LogP contribution in [0.3, 0.4) is 0 Å². The lowest BCUT2D eigenvalue weighted by atomic mass is 10.1. The van der Waals surface area contributed by atoms with E-state index < -0.39 is 0 Å². The Morgan fingerprint density at radius 2 is 2.22 bits per heavy atom. The molecule has 1 aromatic carbocycles. The third-order valence-corrected chi connectivity index (χ3v) is 2.98. The average molecular weight is 245 g/mol. The van der Waals surface area contributed by atoms with Crippen LogP contribution in [0.5, 0.6) is 5.75 Å². The fourth-order valence-electron chi connectivity index (χ4n) is 2.03. The van der Waals surface area contributed by atoms with Gasteiger partial charge in [-0.25, -0.2) is 0 Å². The summed E-state index contributed by atoms with van der Waals surface area (Å²) in [6.45, 7) is 4.16. The number of nitrogens with one attached hydrogen (secondary N) is 1. The van der Waals surface area contributed by atoms with Crippen molar-refractivity contribution < 1.29 is 5.11 Å². The van der Waals surface area contributed by atoms with Crippen LogP contribution in [0, 0.1) is 0 Å². The van der Waals surface area contributed by atoms with Gasteiger partial charge >= 0.3 is 0 Å². The largest absolute Gasteiger partial charge is 0.508 e. The number of nitrogens with zero attached hydrogens (tertiary/aromatic N) is 2. The van der Waals surface area contributed by atoms with Crippen molar-refractivity contribution in [3.63, 3.8) is 0 Å². The van der Waals surface area contributed by atoms with Gasteiger partial charge < -0.3 is 10.4 Å². The van der Waals surface area contributed by atoms with Crippen molar-refractivity contribution in [3.05, 3.63) is 41.7 Å². The molecule has 4 nitrogen and oxygen atoms in total. The average Bonchev–Trinajstić information content (AvgIpc) is 2.69. The lowest BCUT2D eigenvalue weighted by Gasteiger charge is -2.15. The predicted molar refractivity (Wildman–Crippen MR) is 72.7 cm³/mol. The van der Waals surface area contributed by atoms with E-state index in [2.05, 4.69) is 24.3 Å². The topological polar surface area (TPSA) is 50.1 Å². The van der Waals surface area contributed by atoms with Crippen molar-refractivity contribution in [3.8, 4) is 5.75 Å². The highest BCUT2D eigenvalue weighted by molar-refractivity contribution is 5.48. The fraction of sp³-hybridized carbons (Fsp3) is 0.357. The molecule has 0 aliphatic carbocycles. The van der Waals surface area contributed by atoms with Gasteiger partial charge in [-0.15, -0.1) is 0 Å². The summed E-state index contributed by atoms with van der Waals surface area (Å²) in [5, 5.41) is 17.3. The van der Waals surface area contributed by atoms with Gasteiger partial charge in [-0.3, -0.25) is 4.68 Å². The van der Waals surface area contributed by atoms with E-state index in [1.165, 1.54) is 0 Å². The highest BCUT2D eigenvalue weighted by atomic mass is 16.3. The molecule has 1 unspecified atom stereocenters. The van der Waals surface area contributed by atoms with Crippen LogP contribution in [0.4, 0.5) is 5.69 Å². The van der Waals surface area contributed by atoms with E-state index in [1.807, 2.05) is 30.1 Å². The minimum atomic E-state index is 0.131. The SMILES string of the molecule is CCc1nn(C)cc1NC(C)c1cccc(O)c1. The van der Waals surface area contributed by atoms with Crippen molar-refractivity contribution in [1.82, 2.24) is 9.78 Å². The molecule has 0 spiro atoms. The molecule has 0 aliphatic rings. The van der Waals surface area contributed by atoms with Gasteiger partial charge in [0.25, 0.3) is 0 Å². The summed E-state index contributed by atoms with van der Waals surface area (Å²) < 4.78 is 1.82. The molecule has 0 fully saturated rings. The molecular formula is C14H19N3O. The van der Waals surface area contributed by atoms with E-state index in [9.17, 15) is 5.11 Å². The molecular weight excluding hydrogens is 226 g/mol. The number of anilines is 1. The molecule has 1 atom stereocenters. The molecule has 0 bridgehead atoms. The van der Waals surface area contributed by atoms with Crippen LogP contribution in [0.1, 0.15) is 31.1 Å². The molecule has 96 valence electrons. The Morgan fingerprint density at radius 3 is 2.89 bits per heavy atom. The van der Waals surface area contributed by atoms with Crippen LogP contribution in [0.15, 0.2) is 30.5 Å². The molecule has 2 rings (SSSR count). The van der Waals surface area contributed by atoms with Crippen LogP contribution in [-0.2, 0) is 13.5 Å². The second kappa shape index (κ2) is 5.12. The minimum Gasteiger partial charge on any atom is -0.508 e. The first kappa shape index (κ1) is 12.5. The minimum absolute atomic E-state index is 0.131. The van der Waals surface area contributed by atoms with E-state index in [0.29, 0.717) is 5.75 Å². The Kier molecular flexibility index (Phi) is 3.55. The summed E-state index contributed by atoms with van der Waals surface area (Å²) in [5.41, 5.74) is 3.17. The number of phenols is 1. The molecule has 0 saturated heterocycles. The highest BCUT2D eigenvalue weighted by Crippen LogP contribution is 2.24.